The van der Waals surface area contributed by atoms with Crippen LogP contribution in [0, 0.1) is 18.0 Å². The lowest BCUT2D eigenvalue weighted by Crippen LogP contribution is -2.50. The Morgan fingerprint density at radius 3 is 2.54 bits per heavy atom. The van der Waals surface area contributed by atoms with Gasteiger partial charge in [0.05, 0.1) is 10.6 Å². The molecule has 0 spiro atoms. The number of hydrogen-bond acceptors (Lipinski definition) is 4. The maximum absolute atomic E-state index is 13.8. The van der Waals surface area contributed by atoms with E-state index in [-0.39, 0.29) is 31.4 Å². The highest BCUT2D eigenvalue weighted by atomic mass is 35.5. The molecule has 1 fully saturated rings. The maximum atomic E-state index is 13.8. The smallest absolute Gasteiger partial charge is 0.270 e. The van der Waals surface area contributed by atoms with Crippen molar-refractivity contribution < 1.29 is 23.1 Å². The Morgan fingerprint density at radius 1 is 1.22 bits per heavy atom. The number of benzene rings is 1. The molecule has 37 heavy (non-hydrogen) atoms. The Labute approximate surface area is 218 Å². The molecule has 1 aromatic carbocycles. The topological polar surface area (TPSA) is 103 Å². The van der Waals surface area contributed by atoms with Crippen molar-refractivity contribution in [2.24, 2.45) is 5.92 Å². The second-order valence-corrected chi connectivity index (χ2v) is 9.60. The molecule has 1 saturated carbocycles. The van der Waals surface area contributed by atoms with Crippen LogP contribution < -0.4 is 15.4 Å². The molecule has 2 heterocycles. The van der Waals surface area contributed by atoms with E-state index in [2.05, 4.69) is 15.7 Å². The lowest BCUT2D eigenvalue weighted by Gasteiger charge is -2.33. The molecule has 0 saturated heterocycles. The van der Waals surface area contributed by atoms with Crippen molar-refractivity contribution in [2.75, 3.05) is 5.32 Å². The van der Waals surface area contributed by atoms with Crippen LogP contribution in [0.25, 0.3) is 11.1 Å². The first-order valence-electron chi connectivity index (χ1n) is 12.1. The van der Waals surface area contributed by atoms with Gasteiger partial charge in [0.25, 0.3) is 5.91 Å². The van der Waals surface area contributed by atoms with Gasteiger partial charge in [-0.25, -0.2) is 8.78 Å². The van der Waals surface area contributed by atoms with Crippen LogP contribution in [-0.2, 0) is 11.3 Å². The summed E-state index contributed by atoms with van der Waals surface area (Å²) in [6, 6.07) is 8.81. The quantitative estimate of drug-likeness (QED) is 0.340. The van der Waals surface area contributed by atoms with Gasteiger partial charge in [-0.05, 0) is 49.4 Å². The monoisotopic (exact) mass is 531 g/mol. The van der Waals surface area contributed by atoms with Gasteiger partial charge >= 0.3 is 0 Å². The molecule has 3 aromatic rings. The fraction of sp³-hybridized carbons (Fsp3) is 0.385. The Morgan fingerprint density at radius 2 is 1.89 bits per heavy atom. The summed E-state index contributed by atoms with van der Waals surface area (Å²) in [5, 5.41) is 22.0. The molecule has 196 valence electrons. The number of aryl methyl sites for hydroxylation is 1. The van der Waals surface area contributed by atoms with Crippen molar-refractivity contribution >= 4 is 29.1 Å². The summed E-state index contributed by atoms with van der Waals surface area (Å²) in [7, 11) is 0. The van der Waals surface area contributed by atoms with Crippen molar-refractivity contribution in [2.45, 2.75) is 58.0 Å². The van der Waals surface area contributed by atoms with Crippen molar-refractivity contribution in [3.8, 4) is 11.1 Å². The summed E-state index contributed by atoms with van der Waals surface area (Å²) in [6.07, 6.45) is 2.37. The highest BCUT2D eigenvalue weighted by molar-refractivity contribution is 6.33. The molecule has 4 rings (SSSR count). The van der Waals surface area contributed by atoms with Gasteiger partial charge in [-0.15, -0.1) is 0 Å². The van der Waals surface area contributed by atoms with E-state index in [1.54, 1.807) is 37.3 Å². The first-order valence-corrected chi connectivity index (χ1v) is 12.5. The molecule has 2 amide bonds. The molecule has 1 unspecified atom stereocenters. The van der Waals surface area contributed by atoms with Crippen LogP contribution >= 0.6 is 11.6 Å². The predicted molar refractivity (Wildman–Crippen MR) is 135 cm³/mol. The lowest BCUT2D eigenvalue weighted by atomic mass is 9.81. The standard InChI is InChI=1S/C26H28ClF2N5O3/c1-3-33-21(10-14-30-33)24(35)32-23(18-8-12-26(28,29)13-9-18)25(36)31-19-6-4-17(5-7-19)22-16(2)34(37)15-11-20(22)27/h4-7,10-11,14-15,18,23H,3,8-9,12-13H2,1-2H3,(H,31,36)(H,32,35). The number of carbonyl (C=O) groups excluding carboxylic acids is 2. The van der Waals surface area contributed by atoms with Gasteiger partial charge in [-0.2, -0.15) is 9.83 Å². The molecular weight excluding hydrogens is 504 g/mol. The summed E-state index contributed by atoms with van der Waals surface area (Å²) in [5.41, 5.74) is 2.45. The van der Waals surface area contributed by atoms with Crippen LogP contribution in [0.4, 0.5) is 14.5 Å². The van der Waals surface area contributed by atoms with Crippen molar-refractivity contribution in [1.82, 2.24) is 15.1 Å². The van der Waals surface area contributed by atoms with Gasteiger partial charge in [0.1, 0.15) is 11.7 Å². The van der Waals surface area contributed by atoms with Crippen LogP contribution in [0.1, 0.15) is 48.8 Å². The van der Waals surface area contributed by atoms with E-state index in [0.29, 0.717) is 34.1 Å². The zero-order valence-corrected chi connectivity index (χ0v) is 21.3. The van der Waals surface area contributed by atoms with Crippen LogP contribution in [-0.4, -0.2) is 33.6 Å². The number of hydrogen-bond donors (Lipinski definition) is 2. The van der Waals surface area contributed by atoms with E-state index >= 15 is 0 Å². The van der Waals surface area contributed by atoms with Crippen LogP contribution in [0.2, 0.25) is 5.02 Å². The van der Waals surface area contributed by atoms with E-state index in [1.165, 1.54) is 23.1 Å². The number of nitrogens with zero attached hydrogens (tertiary/aromatic N) is 3. The molecule has 2 N–H and O–H groups in total. The third-order valence-electron chi connectivity index (χ3n) is 6.78. The summed E-state index contributed by atoms with van der Waals surface area (Å²) >= 11 is 6.30. The highest BCUT2D eigenvalue weighted by Gasteiger charge is 2.40. The summed E-state index contributed by atoms with van der Waals surface area (Å²) in [6.45, 7) is 3.96. The molecule has 1 aliphatic rings. The number of nitrogens with one attached hydrogen (secondary N) is 2. The zero-order chi connectivity index (χ0) is 26.7. The summed E-state index contributed by atoms with van der Waals surface area (Å²) in [5.74, 6) is -4.20. The second kappa shape index (κ2) is 10.8. The number of rotatable bonds is 7. The number of carbonyl (C=O) groups is 2. The largest absolute Gasteiger partial charge is 0.618 e. The van der Waals surface area contributed by atoms with Crippen molar-refractivity contribution in [1.29, 1.82) is 0 Å². The number of pyridine rings is 1. The minimum Gasteiger partial charge on any atom is -0.618 e. The van der Waals surface area contributed by atoms with E-state index in [9.17, 15) is 23.6 Å². The number of aromatic nitrogens is 3. The van der Waals surface area contributed by atoms with Gasteiger partial charge < -0.3 is 15.8 Å². The third kappa shape index (κ3) is 5.90. The average molecular weight is 532 g/mol. The van der Waals surface area contributed by atoms with E-state index < -0.39 is 29.7 Å². The Kier molecular flexibility index (Phi) is 7.77. The van der Waals surface area contributed by atoms with Crippen LogP contribution in [0.3, 0.4) is 0 Å². The van der Waals surface area contributed by atoms with Crippen LogP contribution in [0.5, 0.6) is 0 Å². The molecule has 0 bridgehead atoms. The highest BCUT2D eigenvalue weighted by Crippen LogP contribution is 2.38. The molecule has 0 radical (unpaired) electrons. The van der Waals surface area contributed by atoms with Gasteiger partial charge in [0.15, 0.2) is 11.9 Å². The maximum Gasteiger partial charge on any atom is 0.270 e. The first kappa shape index (κ1) is 26.5. The average Bonchev–Trinajstić information content (AvgIpc) is 3.35. The molecule has 11 heteroatoms. The van der Waals surface area contributed by atoms with E-state index in [4.69, 9.17) is 11.6 Å². The summed E-state index contributed by atoms with van der Waals surface area (Å²) in [4.78, 5) is 26.3. The predicted octanol–water partition coefficient (Wildman–Crippen LogP) is 4.73. The minimum atomic E-state index is -2.77. The van der Waals surface area contributed by atoms with Gasteiger partial charge in [0, 0.05) is 44.3 Å². The SMILES string of the molecule is CCn1nccc1C(=O)NC(C(=O)Nc1ccc(-c2c(Cl)cc[n+]([O-])c2C)cc1)C1CCC(F)(F)CC1. The second-order valence-electron chi connectivity index (χ2n) is 9.19. The van der Waals surface area contributed by atoms with Gasteiger partial charge in [-0.1, -0.05) is 23.7 Å². The number of halogens is 3. The molecule has 2 aromatic heterocycles. The normalized spacial score (nSPS) is 16.2. The minimum absolute atomic E-state index is 0.109. The molecular formula is C26H28ClF2N5O3. The van der Waals surface area contributed by atoms with Crippen molar-refractivity contribution in [3.63, 3.8) is 0 Å². The van der Waals surface area contributed by atoms with E-state index in [1.807, 2.05) is 6.92 Å². The fourth-order valence-corrected chi connectivity index (χ4v) is 4.99. The van der Waals surface area contributed by atoms with Gasteiger partial charge in [0.2, 0.25) is 11.8 Å². The first-order chi connectivity index (χ1) is 17.6. The fourth-order valence-electron chi connectivity index (χ4n) is 4.68. The Hall–Kier alpha value is -3.53. The number of alkyl halides is 2. The number of anilines is 1. The number of amides is 2. The molecule has 1 atom stereocenters. The molecule has 0 aliphatic heterocycles. The third-order valence-corrected chi connectivity index (χ3v) is 7.09. The molecule has 1 aliphatic carbocycles. The zero-order valence-electron chi connectivity index (χ0n) is 20.5. The lowest BCUT2D eigenvalue weighted by molar-refractivity contribution is -0.611. The Bertz CT molecular complexity index is 1290. The van der Waals surface area contributed by atoms with Gasteiger partial charge in [-0.3, -0.25) is 14.3 Å². The van der Waals surface area contributed by atoms with Crippen molar-refractivity contribution in [3.05, 3.63) is 70.4 Å². The Balaban J connectivity index is 1.54. The molecule has 8 nitrogen and oxygen atoms in total. The van der Waals surface area contributed by atoms with Crippen LogP contribution in [0.15, 0.2) is 48.8 Å². The van der Waals surface area contributed by atoms with E-state index in [0.717, 1.165) is 4.73 Å². The summed E-state index contributed by atoms with van der Waals surface area (Å²) < 4.78 is 29.8.